The molecule has 2 aliphatic rings. The van der Waals surface area contributed by atoms with Crippen LogP contribution in [0.2, 0.25) is 0 Å². The van der Waals surface area contributed by atoms with E-state index >= 15 is 0 Å². The first-order valence-corrected chi connectivity index (χ1v) is 9.38. The van der Waals surface area contributed by atoms with Crippen molar-refractivity contribution >= 4 is 22.7 Å². The van der Waals surface area contributed by atoms with Gasteiger partial charge in [-0.25, -0.2) is 4.79 Å². The predicted molar refractivity (Wildman–Crippen MR) is 95.7 cm³/mol. The average molecular weight is 337 g/mol. The van der Waals surface area contributed by atoms with Gasteiger partial charge in [0.1, 0.15) is 0 Å². The summed E-state index contributed by atoms with van der Waals surface area (Å²) in [6, 6.07) is 7.75. The van der Waals surface area contributed by atoms with Crippen LogP contribution in [-0.4, -0.2) is 22.8 Å². The van der Waals surface area contributed by atoms with Crippen molar-refractivity contribution in [2.75, 3.05) is 0 Å². The van der Waals surface area contributed by atoms with Crippen molar-refractivity contribution in [1.82, 2.24) is 4.98 Å². The number of esters is 1. The highest BCUT2D eigenvalue weighted by atomic mass is 16.5. The van der Waals surface area contributed by atoms with Gasteiger partial charge in [-0.15, -0.1) is 0 Å². The maximum Gasteiger partial charge on any atom is 0.339 e. The number of benzene rings is 1. The Hall–Kier alpha value is -2.23. The number of para-hydroxylation sites is 1. The number of carbonyl (C=O) groups is 2. The average Bonchev–Trinajstić information content (AvgIpc) is 2.86. The summed E-state index contributed by atoms with van der Waals surface area (Å²) in [6.07, 6.45) is 7.53. The molecule has 1 saturated carbocycles. The molecule has 1 aromatic carbocycles. The minimum Gasteiger partial charge on any atom is -0.451 e. The number of ether oxygens (including phenoxy) is 1. The van der Waals surface area contributed by atoms with Gasteiger partial charge in [0.15, 0.2) is 11.9 Å². The van der Waals surface area contributed by atoms with Crippen molar-refractivity contribution in [3.63, 3.8) is 0 Å². The molecule has 25 heavy (non-hydrogen) atoms. The molecule has 130 valence electrons. The molecule has 0 N–H and O–H groups in total. The predicted octanol–water partition coefficient (Wildman–Crippen LogP) is 4.17. The molecule has 4 rings (SSSR count). The number of hydrogen-bond acceptors (Lipinski definition) is 4. The molecule has 0 amide bonds. The molecule has 0 aliphatic heterocycles. The molecule has 0 unspecified atom stereocenters. The fraction of sp³-hybridized carbons (Fsp3) is 0.476. The normalized spacial score (nSPS) is 20.8. The first kappa shape index (κ1) is 16.2. The third kappa shape index (κ3) is 3.17. The molecule has 2 aromatic rings. The van der Waals surface area contributed by atoms with Gasteiger partial charge >= 0.3 is 5.97 Å². The Morgan fingerprint density at radius 1 is 1.00 bits per heavy atom. The first-order valence-electron chi connectivity index (χ1n) is 9.38. The van der Waals surface area contributed by atoms with Crippen LogP contribution in [0.3, 0.4) is 0 Å². The van der Waals surface area contributed by atoms with E-state index in [2.05, 4.69) is 0 Å². The Bertz CT molecular complexity index is 827. The van der Waals surface area contributed by atoms with E-state index in [4.69, 9.17) is 9.72 Å². The Kier molecular flexibility index (Phi) is 4.51. The molecule has 0 radical (unpaired) electrons. The molecular formula is C21H23NO3. The fourth-order valence-corrected chi connectivity index (χ4v) is 4.05. The lowest BCUT2D eigenvalue weighted by Crippen LogP contribution is -2.30. The van der Waals surface area contributed by atoms with Crippen LogP contribution in [0.4, 0.5) is 0 Å². The Balaban J connectivity index is 1.77. The minimum atomic E-state index is -0.574. The van der Waals surface area contributed by atoms with Crippen LogP contribution in [0.5, 0.6) is 0 Å². The van der Waals surface area contributed by atoms with E-state index in [-0.39, 0.29) is 11.8 Å². The van der Waals surface area contributed by atoms with Crippen molar-refractivity contribution in [3.8, 4) is 0 Å². The number of aryl methyl sites for hydroxylation is 1. The quantitative estimate of drug-likeness (QED) is 0.609. The van der Waals surface area contributed by atoms with Crippen LogP contribution in [0, 0.1) is 0 Å². The molecule has 0 spiro atoms. The Labute approximate surface area is 147 Å². The summed E-state index contributed by atoms with van der Waals surface area (Å²) >= 11 is 0. The molecule has 1 aromatic heterocycles. The minimum absolute atomic E-state index is 0.0593. The van der Waals surface area contributed by atoms with Crippen molar-refractivity contribution in [1.29, 1.82) is 0 Å². The Morgan fingerprint density at radius 3 is 2.68 bits per heavy atom. The lowest BCUT2D eigenvalue weighted by Gasteiger charge is -2.22. The smallest absolute Gasteiger partial charge is 0.339 e. The van der Waals surface area contributed by atoms with Crippen molar-refractivity contribution in [2.24, 2.45) is 0 Å². The number of pyridine rings is 1. The maximum atomic E-state index is 13.1. The number of hydrogen-bond donors (Lipinski definition) is 0. The summed E-state index contributed by atoms with van der Waals surface area (Å²) < 4.78 is 5.69. The number of nitrogens with zero attached hydrogens (tertiary/aromatic N) is 1. The number of ketones is 1. The molecule has 2 aliphatic carbocycles. The van der Waals surface area contributed by atoms with Gasteiger partial charge < -0.3 is 4.74 Å². The van der Waals surface area contributed by atoms with Crippen molar-refractivity contribution in [2.45, 2.75) is 63.9 Å². The van der Waals surface area contributed by atoms with Gasteiger partial charge in [-0.05, 0) is 56.6 Å². The van der Waals surface area contributed by atoms with Gasteiger partial charge in [-0.2, -0.15) is 0 Å². The van der Waals surface area contributed by atoms with Gasteiger partial charge in [-0.1, -0.05) is 24.6 Å². The van der Waals surface area contributed by atoms with Crippen LogP contribution in [0.15, 0.2) is 24.3 Å². The second-order valence-electron chi connectivity index (χ2n) is 7.10. The lowest BCUT2D eigenvalue weighted by molar-refractivity contribution is -0.129. The molecule has 1 heterocycles. The van der Waals surface area contributed by atoms with Gasteiger partial charge in [0.2, 0.25) is 0 Å². The third-order valence-electron chi connectivity index (χ3n) is 5.37. The van der Waals surface area contributed by atoms with E-state index in [0.717, 1.165) is 67.1 Å². The topological polar surface area (TPSA) is 56.3 Å². The summed E-state index contributed by atoms with van der Waals surface area (Å²) in [5.74, 6) is -0.291. The van der Waals surface area contributed by atoms with E-state index in [0.29, 0.717) is 18.4 Å². The summed E-state index contributed by atoms with van der Waals surface area (Å²) in [5, 5.41) is 0.844. The van der Waals surface area contributed by atoms with Crippen LogP contribution in [0.1, 0.15) is 66.6 Å². The lowest BCUT2D eigenvalue weighted by atomic mass is 9.95. The summed E-state index contributed by atoms with van der Waals surface area (Å²) in [7, 11) is 0. The van der Waals surface area contributed by atoms with Gasteiger partial charge in [0, 0.05) is 17.5 Å². The SMILES string of the molecule is O=C(O[C@@H]1CCCCC1=O)c1c2c(nc3ccccc13)CCCCC2. The largest absolute Gasteiger partial charge is 0.451 e. The number of carbonyl (C=O) groups excluding carboxylic acids is 2. The van der Waals surface area contributed by atoms with Gasteiger partial charge in [0.05, 0.1) is 11.1 Å². The zero-order chi connectivity index (χ0) is 17.2. The van der Waals surface area contributed by atoms with Crippen molar-refractivity contribution in [3.05, 3.63) is 41.1 Å². The molecule has 1 fully saturated rings. The fourth-order valence-electron chi connectivity index (χ4n) is 4.05. The standard InChI is InChI=1S/C21H23NO3/c23-18-12-6-7-13-19(18)25-21(24)20-14-8-2-1-3-10-16(14)22-17-11-5-4-9-15(17)20/h4-5,9,11,19H,1-3,6-8,10,12-13H2/t19-/m1/s1. The molecule has 0 bridgehead atoms. The molecule has 4 nitrogen and oxygen atoms in total. The molecule has 4 heteroatoms. The number of rotatable bonds is 2. The molecule has 1 atom stereocenters. The first-order chi connectivity index (χ1) is 12.2. The number of Topliss-reactive ketones (excluding diaryl/α,β-unsaturated/α-hetero) is 1. The second-order valence-corrected chi connectivity index (χ2v) is 7.10. The third-order valence-corrected chi connectivity index (χ3v) is 5.37. The van der Waals surface area contributed by atoms with E-state index in [1.807, 2.05) is 24.3 Å². The highest BCUT2D eigenvalue weighted by Crippen LogP contribution is 2.30. The van der Waals surface area contributed by atoms with Crippen LogP contribution >= 0.6 is 0 Å². The highest BCUT2D eigenvalue weighted by Gasteiger charge is 2.29. The van der Waals surface area contributed by atoms with E-state index in [1.165, 1.54) is 0 Å². The second kappa shape index (κ2) is 6.95. The summed E-state index contributed by atoms with van der Waals surface area (Å²) in [6.45, 7) is 0. The number of fused-ring (bicyclic) bond motifs is 2. The van der Waals surface area contributed by atoms with E-state index in [1.54, 1.807) is 0 Å². The Morgan fingerprint density at radius 2 is 1.80 bits per heavy atom. The zero-order valence-corrected chi connectivity index (χ0v) is 14.4. The van der Waals surface area contributed by atoms with Crippen LogP contribution in [0.25, 0.3) is 10.9 Å². The highest BCUT2D eigenvalue weighted by molar-refractivity contribution is 6.06. The van der Waals surface area contributed by atoms with Crippen LogP contribution in [-0.2, 0) is 22.4 Å². The maximum absolute atomic E-state index is 13.1. The van der Waals surface area contributed by atoms with E-state index in [9.17, 15) is 9.59 Å². The summed E-state index contributed by atoms with van der Waals surface area (Å²) in [4.78, 5) is 29.9. The van der Waals surface area contributed by atoms with E-state index < -0.39 is 6.10 Å². The number of aromatic nitrogens is 1. The van der Waals surface area contributed by atoms with Gasteiger partial charge in [-0.3, -0.25) is 9.78 Å². The van der Waals surface area contributed by atoms with Crippen LogP contribution < -0.4 is 0 Å². The van der Waals surface area contributed by atoms with Crippen molar-refractivity contribution < 1.29 is 14.3 Å². The molecule has 0 saturated heterocycles. The monoisotopic (exact) mass is 337 g/mol. The van der Waals surface area contributed by atoms with Gasteiger partial charge in [0.25, 0.3) is 0 Å². The zero-order valence-electron chi connectivity index (χ0n) is 14.4. The molecular weight excluding hydrogens is 314 g/mol. The summed E-state index contributed by atoms with van der Waals surface area (Å²) in [5.41, 5.74) is 3.54.